The molecule has 2 heteroatoms. The molecule has 14 heavy (non-hydrogen) atoms. The van der Waals surface area contributed by atoms with Crippen LogP contribution in [0.15, 0.2) is 0 Å². The molecule has 0 bridgehead atoms. The van der Waals surface area contributed by atoms with Gasteiger partial charge in [-0.05, 0) is 63.1 Å². The van der Waals surface area contributed by atoms with Gasteiger partial charge in [-0.2, -0.15) is 0 Å². The van der Waals surface area contributed by atoms with E-state index in [1.807, 2.05) is 0 Å². The van der Waals surface area contributed by atoms with Gasteiger partial charge in [-0.1, -0.05) is 0 Å². The Morgan fingerprint density at radius 2 is 1.93 bits per heavy atom. The van der Waals surface area contributed by atoms with E-state index in [-0.39, 0.29) is 0 Å². The number of rotatable bonds is 2. The molecule has 80 valence electrons. The summed E-state index contributed by atoms with van der Waals surface area (Å²) in [6.45, 7) is 6.72. The Labute approximate surface area is 87.0 Å². The van der Waals surface area contributed by atoms with Crippen LogP contribution in [0, 0.1) is 11.3 Å². The quantitative estimate of drug-likeness (QED) is 0.716. The number of hydrogen-bond acceptors (Lipinski definition) is 2. The normalized spacial score (nSPS) is 32.6. The van der Waals surface area contributed by atoms with Crippen molar-refractivity contribution in [1.29, 1.82) is 0 Å². The zero-order valence-corrected chi connectivity index (χ0v) is 9.10. The summed E-state index contributed by atoms with van der Waals surface area (Å²) in [4.78, 5) is 2.71. The van der Waals surface area contributed by atoms with Crippen LogP contribution in [-0.2, 0) is 0 Å². The van der Waals surface area contributed by atoms with Crippen molar-refractivity contribution in [3.63, 3.8) is 0 Å². The Balaban J connectivity index is 1.50. The lowest BCUT2D eigenvalue weighted by atomic mass is 9.78. The van der Waals surface area contributed by atoms with Crippen molar-refractivity contribution in [2.24, 2.45) is 11.3 Å². The smallest absolute Gasteiger partial charge is 0.000967 e. The predicted molar refractivity (Wildman–Crippen MR) is 58.3 cm³/mol. The minimum Gasteiger partial charge on any atom is -0.316 e. The van der Waals surface area contributed by atoms with Gasteiger partial charge < -0.3 is 10.2 Å². The Bertz CT molecular complexity index is 194. The van der Waals surface area contributed by atoms with E-state index in [0.29, 0.717) is 5.41 Å². The molecule has 1 saturated carbocycles. The Kier molecular flexibility index (Phi) is 2.29. The summed E-state index contributed by atoms with van der Waals surface area (Å²) >= 11 is 0. The summed E-state index contributed by atoms with van der Waals surface area (Å²) in [5, 5.41) is 3.53. The Hall–Kier alpha value is -0.0800. The van der Waals surface area contributed by atoms with E-state index >= 15 is 0 Å². The first-order valence-corrected chi connectivity index (χ1v) is 6.29. The molecule has 3 fully saturated rings. The molecule has 0 unspecified atom stereocenters. The third-order valence-corrected chi connectivity index (χ3v) is 4.46. The molecule has 1 aliphatic carbocycles. The summed E-state index contributed by atoms with van der Waals surface area (Å²) in [5.74, 6) is 1.07. The molecular formula is C12H22N2. The first kappa shape index (κ1) is 9.17. The van der Waals surface area contributed by atoms with Crippen LogP contribution in [0.4, 0.5) is 0 Å². The Morgan fingerprint density at radius 1 is 1.14 bits per heavy atom. The molecule has 0 aromatic rings. The highest BCUT2D eigenvalue weighted by Gasteiger charge is 2.37. The lowest BCUT2D eigenvalue weighted by Gasteiger charge is -2.39. The second-order valence-corrected chi connectivity index (χ2v) is 5.67. The fraction of sp³-hybridized carbons (Fsp3) is 1.00. The average Bonchev–Trinajstić information content (AvgIpc) is 2.91. The molecule has 1 spiro atoms. The minimum absolute atomic E-state index is 0.708. The summed E-state index contributed by atoms with van der Waals surface area (Å²) in [7, 11) is 0. The van der Waals surface area contributed by atoms with Crippen LogP contribution < -0.4 is 5.32 Å². The van der Waals surface area contributed by atoms with Crippen molar-refractivity contribution < 1.29 is 0 Å². The second-order valence-electron chi connectivity index (χ2n) is 5.67. The number of piperidine rings is 1. The molecule has 2 aliphatic heterocycles. The lowest BCUT2D eigenvalue weighted by Crippen LogP contribution is -2.41. The third-order valence-electron chi connectivity index (χ3n) is 4.46. The SMILES string of the molecule is C1CC2(CCN(CC3CC3)CC2)CN1. The van der Waals surface area contributed by atoms with Crippen LogP contribution in [0.3, 0.4) is 0 Å². The molecule has 0 amide bonds. The first-order chi connectivity index (χ1) is 6.86. The molecule has 2 nitrogen and oxygen atoms in total. The van der Waals surface area contributed by atoms with Gasteiger partial charge in [-0.25, -0.2) is 0 Å². The first-order valence-electron chi connectivity index (χ1n) is 6.29. The summed E-state index contributed by atoms with van der Waals surface area (Å²) in [6, 6.07) is 0. The van der Waals surface area contributed by atoms with Crippen LogP contribution in [0.25, 0.3) is 0 Å². The molecule has 0 atom stereocenters. The molecule has 0 radical (unpaired) electrons. The second kappa shape index (κ2) is 3.49. The summed E-state index contributed by atoms with van der Waals surface area (Å²) < 4.78 is 0. The van der Waals surface area contributed by atoms with Gasteiger partial charge in [0.05, 0.1) is 0 Å². The standard InChI is InChI=1S/C12H22N2/c1-2-11(1)9-14-7-4-12(5-8-14)3-6-13-10-12/h11,13H,1-10H2. The zero-order chi connectivity index (χ0) is 9.43. The maximum atomic E-state index is 3.53. The number of nitrogens with one attached hydrogen (secondary N) is 1. The van der Waals surface area contributed by atoms with Gasteiger partial charge in [0.1, 0.15) is 0 Å². The number of hydrogen-bond donors (Lipinski definition) is 1. The molecule has 3 rings (SSSR count). The third kappa shape index (κ3) is 1.82. The van der Waals surface area contributed by atoms with Crippen LogP contribution in [0.5, 0.6) is 0 Å². The molecule has 0 aromatic heterocycles. The predicted octanol–water partition coefficient (Wildman–Crippen LogP) is 1.47. The fourth-order valence-electron chi connectivity index (χ4n) is 3.10. The van der Waals surface area contributed by atoms with Crippen LogP contribution >= 0.6 is 0 Å². The van der Waals surface area contributed by atoms with Crippen LogP contribution in [-0.4, -0.2) is 37.6 Å². The van der Waals surface area contributed by atoms with E-state index in [0.717, 1.165) is 5.92 Å². The number of likely N-dealkylation sites (tertiary alicyclic amines) is 1. The fourth-order valence-corrected chi connectivity index (χ4v) is 3.10. The van der Waals surface area contributed by atoms with Gasteiger partial charge in [-0.15, -0.1) is 0 Å². The van der Waals surface area contributed by atoms with Crippen LogP contribution in [0.1, 0.15) is 32.1 Å². The maximum Gasteiger partial charge on any atom is 0.000967 e. The number of nitrogens with zero attached hydrogens (tertiary/aromatic N) is 1. The van der Waals surface area contributed by atoms with E-state index in [1.54, 1.807) is 0 Å². The highest BCUT2D eigenvalue weighted by Crippen LogP contribution is 2.38. The van der Waals surface area contributed by atoms with E-state index in [2.05, 4.69) is 10.2 Å². The molecule has 2 heterocycles. The molecule has 3 aliphatic rings. The highest BCUT2D eigenvalue weighted by molar-refractivity contribution is 4.93. The highest BCUT2D eigenvalue weighted by atomic mass is 15.1. The summed E-state index contributed by atoms with van der Waals surface area (Å²) in [5.41, 5.74) is 0.708. The van der Waals surface area contributed by atoms with Crippen molar-refractivity contribution in [1.82, 2.24) is 10.2 Å². The topological polar surface area (TPSA) is 15.3 Å². The van der Waals surface area contributed by atoms with E-state index < -0.39 is 0 Å². The van der Waals surface area contributed by atoms with E-state index in [4.69, 9.17) is 0 Å². The van der Waals surface area contributed by atoms with Crippen molar-refractivity contribution >= 4 is 0 Å². The van der Waals surface area contributed by atoms with Crippen molar-refractivity contribution in [3.8, 4) is 0 Å². The van der Waals surface area contributed by atoms with Gasteiger partial charge in [0.25, 0.3) is 0 Å². The molecule has 1 N–H and O–H groups in total. The summed E-state index contributed by atoms with van der Waals surface area (Å²) in [6.07, 6.45) is 7.34. The minimum atomic E-state index is 0.708. The molecular weight excluding hydrogens is 172 g/mol. The van der Waals surface area contributed by atoms with Gasteiger partial charge in [0.2, 0.25) is 0 Å². The average molecular weight is 194 g/mol. The van der Waals surface area contributed by atoms with Crippen molar-refractivity contribution in [2.75, 3.05) is 32.7 Å². The van der Waals surface area contributed by atoms with E-state index in [1.165, 1.54) is 64.8 Å². The van der Waals surface area contributed by atoms with Gasteiger partial charge in [0, 0.05) is 13.1 Å². The largest absolute Gasteiger partial charge is 0.316 e. The Morgan fingerprint density at radius 3 is 2.50 bits per heavy atom. The monoisotopic (exact) mass is 194 g/mol. The van der Waals surface area contributed by atoms with Crippen molar-refractivity contribution in [2.45, 2.75) is 32.1 Å². The van der Waals surface area contributed by atoms with Gasteiger partial charge >= 0.3 is 0 Å². The maximum absolute atomic E-state index is 3.53. The van der Waals surface area contributed by atoms with Crippen molar-refractivity contribution in [3.05, 3.63) is 0 Å². The lowest BCUT2D eigenvalue weighted by molar-refractivity contribution is 0.115. The van der Waals surface area contributed by atoms with E-state index in [9.17, 15) is 0 Å². The molecule has 0 aromatic carbocycles. The van der Waals surface area contributed by atoms with Gasteiger partial charge in [-0.3, -0.25) is 0 Å². The zero-order valence-electron chi connectivity index (χ0n) is 9.10. The van der Waals surface area contributed by atoms with Gasteiger partial charge in [0.15, 0.2) is 0 Å². The van der Waals surface area contributed by atoms with Crippen LogP contribution in [0.2, 0.25) is 0 Å². The molecule has 2 saturated heterocycles.